The molecule has 0 aromatic heterocycles. The predicted octanol–water partition coefficient (Wildman–Crippen LogP) is 5.48. The number of hydrogen-bond acceptors (Lipinski definition) is 1. The van der Waals surface area contributed by atoms with Crippen molar-refractivity contribution in [3.05, 3.63) is 53.6 Å². The topological polar surface area (TPSA) is 20.2 Å². The summed E-state index contributed by atoms with van der Waals surface area (Å²) in [5, 5.41) is 10.1. The molecule has 2 aromatic rings. The summed E-state index contributed by atoms with van der Waals surface area (Å²) >= 11 is 0. The van der Waals surface area contributed by atoms with Gasteiger partial charge in [0.25, 0.3) is 0 Å². The average Bonchev–Trinajstić information content (AvgIpc) is 2.37. The van der Waals surface area contributed by atoms with Crippen molar-refractivity contribution in [2.75, 3.05) is 0 Å². The lowest BCUT2D eigenvalue weighted by molar-refractivity contribution is 0.477. The zero-order valence-corrected chi connectivity index (χ0v) is 13.1. The van der Waals surface area contributed by atoms with Gasteiger partial charge in [-0.1, -0.05) is 71.0 Å². The fourth-order valence-electron chi connectivity index (χ4n) is 2.48. The molecule has 0 aliphatic heterocycles. The summed E-state index contributed by atoms with van der Waals surface area (Å²) in [5.74, 6) is 0.852. The molecule has 0 bridgehead atoms. The van der Waals surface area contributed by atoms with Crippen molar-refractivity contribution in [1.82, 2.24) is 0 Å². The third-order valence-electron chi connectivity index (χ3n) is 3.71. The van der Waals surface area contributed by atoms with Crippen LogP contribution in [0, 0.1) is 0 Å². The summed E-state index contributed by atoms with van der Waals surface area (Å²) in [6.45, 7) is 11.1. The zero-order chi connectivity index (χ0) is 14.9. The quantitative estimate of drug-likeness (QED) is 0.764. The highest BCUT2D eigenvalue weighted by Gasteiger charge is 2.21. The Labute approximate surface area is 122 Å². The van der Waals surface area contributed by atoms with Crippen LogP contribution >= 0.6 is 0 Å². The first kappa shape index (κ1) is 14.6. The van der Waals surface area contributed by atoms with E-state index in [0.717, 1.165) is 11.1 Å². The van der Waals surface area contributed by atoms with Gasteiger partial charge in [0.15, 0.2) is 0 Å². The van der Waals surface area contributed by atoms with Gasteiger partial charge in [-0.15, -0.1) is 0 Å². The van der Waals surface area contributed by atoms with Gasteiger partial charge in [0, 0.05) is 5.56 Å². The molecule has 2 rings (SSSR count). The smallest absolute Gasteiger partial charge is 0.123 e. The van der Waals surface area contributed by atoms with E-state index in [0.29, 0.717) is 11.7 Å². The van der Waals surface area contributed by atoms with E-state index in [2.05, 4.69) is 52.8 Å². The van der Waals surface area contributed by atoms with Crippen molar-refractivity contribution in [3.63, 3.8) is 0 Å². The molecule has 20 heavy (non-hydrogen) atoms. The van der Waals surface area contributed by atoms with Crippen molar-refractivity contribution in [2.24, 2.45) is 0 Å². The van der Waals surface area contributed by atoms with Crippen molar-refractivity contribution in [1.29, 1.82) is 0 Å². The Hall–Kier alpha value is -1.76. The molecule has 0 saturated carbocycles. The lowest BCUT2D eigenvalue weighted by atomic mass is 9.80. The Morgan fingerprint density at radius 1 is 0.900 bits per heavy atom. The SMILES string of the molecule is CC(C)c1ccc(-c2ccccc2O)c(C(C)(C)C)c1. The van der Waals surface area contributed by atoms with E-state index in [4.69, 9.17) is 0 Å². The van der Waals surface area contributed by atoms with Crippen LogP contribution in [0.5, 0.6) is 5.75 Å². The first-order valence-corrected chi connectivity index (χ1v) is 7.23. The largest absolute Gasteiger partial charge is 0.507 e. The van der Waals surface area contributed by atoms with Gasteiger partial charge in [-0.25, -0.2) is 0 Å². The van der Waals surface area contributed by atoms with Gasteiger partial charge in [-0.2, -0.15) is 0 Å². The fourth-order valence-corrected chi connectivity index (χ4v) is 2.48. The molecule has 0 amide bonds. The highest BCUT2D eigenvalue weighted by molar-refractivity contribution is 5.74. The Balaban J connectivity index is 2.68. The minimum atomic E-state index is 0.0442. The Morgan fingerprint density at radius 2 is 1.55 bits per heavy atom. The maximum atomic E-state index is 10.1. The van der Waals surface area contributed by atoms with E-state index < -0.39 is 0 Å². The number of benzene rings is 2. The van der Waals surface area contributed by atoms with Gasteiger partial charge in [0.2, 0.25) is 0 Å². The van der Waals surface area contributed by atoms with Gasteiger partial charge in [0.05, 0.1) is 0 Å². The van der Waals surface area contributed by atoms with Gasteiger partial charge >= 0.3 is 0 Å². The second kappa shape index (κ2) is 5.32. The lowest BCUT2D eigenvalue weighted by Gasteiger charge is -2.25. The van der Waals surface area contributed by atoms with E-state index >= 15 is 0 Å². The Morgan fingerprint density at radius 3 is 2.10 bits per heavy atom. The summed E-state index contributed by atoms with van der Waals surface area (Å²) in [4.78, 5) is 0. The molecule has 0 unspecified atom stereocenters. The second-order valence-electron chi connectivity index (χ2n) is 6.73. The molecule has 0 fully saturated rings. The number of hydrogen-bond donors (Lipinski definition) is 1. The molecular formula is C19H24O. The molecule has 1 heteroatoms. The molecular weight excluding hydrogens is 244 g/mol. The monoisotopic (exact) mass is 268 g/mol. The molecule has 0 aliphatic rings. The normalized spacial score (nSPS) is 11.9. The molecule has 106 valence electrons. The van der Waals surface area contributed by atoms with Crippen LogP contribution in [0.3, 0.4) is 0 Å². The van der Waals surface area contributed by atoms with Crippen LogP contribution in [-0.4, -0.2) is 5.11 Å². The van der Waals surface area contributed by atoms with Crippen LogP contribution in [0.2, 0.25) is 0 Å². The summed E-state index contributed by atoms with van der Waals surface area (Å²) in [6, 6.07) is 14.2. The fraction of sp³-hybridized carbons (Fsp3) is 0.368. The minimum absolute atomic E-state index is 0.0442. The Kier molecular flexibility index (Phi) is 3.89. The van der Waals surface area contributed by atoms with Gasteiger partial charge in [-0.05, 0) is 34.1 Å². The lowest BCUT2D eigenvalue weighted by Crippen LogP contribution is -2.13. The van der Waals surface area contributed by atoms with Crippen molar-refractivity contribution in [3.8, 4) is 16.9 Å². The number of aromatic hydroxyl groups is 1. The van der Waals surface area contributed by atoms with E-state index in [1.54, 1.807) is 6.07 Å². The molecule has 1 N–H and O–H groups in total. The third-order valence-corrected chi connectivity index (χ3v) is 3.71. The number of phenolic OH excluding ortho intramolecular Hbond substituents is 1. The van der Waals surface area contributed by atoms with E-state index in [-0.39, 0.29) is 5.41 Å². The maximum absolute atomic E-state index is 10.1. The first-order valence-electron chi connectivity index (χ1n) is 7.23. The average molecular weight is 268 g/mol. The zero-order valence-electron chi connectivity index (χ0n) is 13.1. The van der Waals surface area contributed by atoms with E-state index in [1.807, 2.05) is 18.2 Å². The van der Waals surface area contributed by atoms with Gasteiger partial charge < -0.3 is 5.11 Å². The van der Waals surface area contributed by atoms with Crippen molar-refractivity contribution in [2.45, 2.75) is 46.0 Å². The van der Waals surface area contributed by atoms with E-state index in [1.165, 1.54) is 11.1 Å². The molecule has 2 aromatic carbocycles. The maximum Gasteiger partial charge on any atom is 0.123 e. The molecule has 1 nitrogen and oxygen atoms in total. The molecule has 0 saturated heterocycles. The van der Waals surface area contributed by atoms with Crippen LogP contribution in [0.1, 0.15) is 51.7 Å². The summed E-state index contributed by atoms with van der Waals surface area (Å²) in [6.07, 6.45) is 0. The second-order valence-corrected chi connectivity index (χ2v) is 6.73. The van der Waals surface area contributed by atoms with Crippen LogP contribution in [0.25, 0.3) is 11.1 Å². The van der Waals surface area contributed by atoms with Crippen molar-refractivity contribution >= 4 is 0 Å². The van der Waals surface area contributed by atoms with Crippen molar-refractivity contribution < 1.29 is 5.11 Å². The molecule has 0 aliphatic carbocycles. The molecule has 0 spiro atoms. The Bertz CT molecular complexity index is 603. The highest BCUT2D eigenvalue weighted by Crippen LogP contribution is 2.38. The molecule has 0 atom stereocenters. The van der Waals surface area contributed by atoms with Gasteiger partial charge in [0.1, 0.15) is 5.75 Å². The number of rotatable bonds is 2. The van der Waals surface area contributed by atoms with Crippen LogP contribution in [-0.2, 0) is 5.41 Å². The molecule has 0 radical (unpaired) electrons. The summed E-state index contributed by atoms with van der Waals surface area (Å²) in [7, 11) is 0. The summed E-state index contributed by atoms with van der Waals surface area (Å²) in [5.41, 5.74) is 4.70. The first-order chi connectivity index (χ1) is 9.30. The van der Waals surface area contributed by atoms with Crippen LogP contribution in [0.4, 0.5) is 0 Å². The minimum Gasteiger partial charge on any atom is -0.507 e. The number of para-hydroxylation sites is 1. The molecule has 0 heterocycles. The van der Waals surface area contributed by atoms with E-state index in [9.17, 15) is 5.11 Å². The highest BCUT2D eigenvalue weighted by atomic mass is 16.3. The van der Waals surface area contributed by atoms with Crippen LogP contribution in [0.15, 0.2) is 42.5 Å². The standard InChI is InChI=1S/C19H24O/c1-13(2)14-10-11-15(17(12-14)19(3,4)5)16-8-6-7-9-18(16)20/h6-13,20H,1-5H3. The summed E-state index contributed by atoms with van der Waals surface area (Å²) < 4.78 is 0. The van der Waals surface area contributed by atoms with Gasteiger partial charge in [-0.3, -0.25) is 0 Å². The third kappa shape index (κ3) is 2.87. The predicted molar refractivity (Wildman–Crippen MR) is 86.3 cm³/mol. The van der Waals surface area contributed by atoms with Crippen LogP contribution < -0.4 is 0 Å². The number of phenols is 1.